The van der Waals surface area contributed by atoms with Gasteiger partial charge in [0.05, 0.1) is 12.3 Å². The van der Waals surface area contributed by atoms with E-state index in [-0.39, 0.29) is 17.4 Å². The monoisotopic (exact) mass is 564 g/mol. The Bertz CT molecular complexity index is 1180. The number of hydrogen-bond acceptors (Lipinski definition) is 6. The molecule has 0 unspecified atom stereocenters. The number of amides is 3. The van der Waals surface area contributed by atoms with Gasteiger partial charge in [0.1, 0.15) is 18.5 Å². The zero-order valence-corrected chi connectivity index (χ0v) is 23.3. The molecule has 0 aliphatic carbocycles. The number of nitrogens with one attached hydrogen (secondary N) is 3. The van der Waals surface area contributed by atoms with E-state index >= 15 is 0 Å². The van der Waals surface area contributed by atoms with Gasteiger partial charge in [-0.25, -0.2) is 0 Å². The molecule has 41 heavy (non-hydrogen) atoms. The van der Waals surface area contributed by atoms with Crippen LogP contribution < -0.4 is 20.7 Å². The molecule has 2 aromatic rings. The van der Waals surface area contributed by atoms with E-state index in [1.54, 1.807) is 29.2 Å². The van der Waals surface area contributed by atoms with Crippen molar-refractivity contribution >= 4 is 23.7 Å². The summed E-state index contributed by atoms with van der Waals surface area (Å²) in [5.41, 5.74) is 1.26. The van der Waals surface area contributed by atoms with Crippen molar-refractivity contribution < 1.29 is 29.0 Å². The second kappa shape index (κ2) is 15.2. The van der Waals surface area contributed by atoms with Crippen molar-refractivity contribution in [2.45, 2.75) is 57.7 Å². The summed E-state index contributed by atoms with van der Waals surface area (Å²) in [4.78, 5) is 52.3. The predicted molar refractivity (Wildman–Crippen MR) is 153 cm³/mol. The Kier molecular flexibility index (Phi) is 11.1. The maximum absolute atomic E-state index is 13.1. The van der Waals surface area contributed by atoms with Crippen LogP contribution in [0.4, 0.5) is 0 Å². The van der Waals surface area contributed by atoms with E-state index in [0.717, 1.165) is 37.9 Å². The zero-order chi connectivity index (χ0) is 29.0. The molecular formula is C31H40N4O6. The lowest BCUT2D eigenvalue weighted by molar-refractivity contribution is -0.138. The first-order chi connectivity index (χ1) is 19.9. The van der Waals surface area contributed by atoms with E-state index < -0.39 is 30.4 Å². The Hall–Kier alpha value is -3.92. The normalized spacial score (nSPS) is 18.2. The average molecular weight is 565 g/mol. The third-order valence-corrected chi connectivity index (χ3v) is 7.72. The third kappa shape index (κ3) is 9.60. The summed E-state index contributed by atoms with van der Waals surface area (Å²) in [5.74, 6) is -1.41. The van der Waals surface area contributed by atoms with Crippen LogP contribution in [0.2, 0.25) is 0 Å². The van der Waals surface area contributed by atoms with Crippen LogP contribution in [-0.4, -0.2) is 66.0 Å². The highest BCUT2D eigenvalue weighted by Gasteiger charge is 2.30. The maximum atomic E-state index is 13.1. The molecule has 220 valence electrons. The number of carbonyl (C=O) groups excluding carboxylic acids is 3. The van der Waals surface area contributed by atoms with Gasteiger partial charge >= 0.3 is 5.97 Å². The number of ether oxygens (including phenoxy) is 1. The largest absolute Gasteiger partial charge is 0.489 e. The minimum Gasteiger partial charge on any atom is -0.489 e. The van der Waals surface area contributed by atoms with Gasteiger partial charge in [-0.15, -0.1) is 0 Å². The van der Waals surface area contributed by atoms with Crippen molar-refractivity contribution in [3.63, 3.8) is 0 Å². The molecule has 10 nitrogen and oxygen atoms in total. The van der Waals surface area contributed by atoms with E-state index in [1.165, 1.54) is 0 Å². The van der Waals surface area contributed by atoms with Crippen LogP contribution in [0.3, 0.4) is 0 Å². The number of carboxylic acids is 1. The number of carbonyl (C=O) groups is 4. The summed E-state index contributed by atoms with van der Waals surface area (Å²) in [6.07, 6.45) is 3.21. The molecular weight excluding hydrogens is 524 g/mol. The van der Waals surface area contributed by atoms with Gasteiger partial charge in [-0.3, -0.25) is 19.2 Å². The first-order valence-electron chi connectivity index (χ1n) is 14.5. The van der Waals surface area contributed by atoms with Crippen molar-refractivity contribution in [2.24, 2.45) is 11.8 Å². The lowest BCUT2D eigenvalue weighted by Gasteiger charge is -2.33. The third-order valence-electron chi connectivity index (χ3n) is 7.72. The summed E-state index contributed by atoms with van der Waals surface area (Å²) < 4.78 is 5.80. The first kappa shape index (κ1) is 30.0. The number of benzene rings is 2. The highest BCUT2D eigenvalue weighted by atomic mass is 16.5. The van der Waals surface area contributed by atoms with Gasteiger partial charge in [0.25, 0.3) is 5.91 Å². The molecule has 2 aromatic carbocycles. The van der Waals surface area contributed by atoms with Crippen LogP contribution in [-0.2, 0) is 21.0 Å². The molecule has 0 radical (unpaired) electrons. The SMILES string of the molecule is O=C(O)C[C@H](NC(=O)c1cccc(OCc2ccccc2)c1)NC(=O)[C@@H]1CCCN(C(=O)CCC2CCNCC2)C1. The average Bonchev–Trinajstić information content (AvgIpc) is 2.99. The molecule has 4 N–H and O–H groups in total. The Labute approximate surface area is 240 Å². The van der Waals surface area contributed by atoms with Gasteiger partial charge in [-0.05, 0) is 74.9 Å². The fourth-order valence-corrected chi connectivity index (χ4v) is 5.39. The number of nitrogens with zero attached hydrogens (tertiary/aromatic N) is 1. The molecule has 3 amide bonds. The van der Waals surface area contributed by atoms with Gasteiger partial charge in [-0.2, -0.15) is 0 Å². The predicted octanol–water partition coefficient (Wildman–Crippen LogP) is 2.93. The van der Waals surface area contributed by atoms with E-state index in [9.17, 15) is 24.3 Å². The molecule has 2 fully saturated rings. The van der Waals surface area contributed by atoms with Crippen molar-refractivity contribution in [2.75, 3.05) is 26.2 Å². The van der Waals surface area contributed by atoms with Gasteiger partial charge in [-0.1, -0.05) is 36.4 Å². The number of hydrogen-bond donors (Lipinski definition) is 4. The first-order valence-corrected chi connectivity index (χ1v) is 14.5. The van der Waals surface area contributed by atoms with E-state index in [4.69, 9.17) is 4.74 Å². The minimum absolute atomic E-state index is 0.0609. The summed E-state index contributed by atoms with van der Waals surface area (Å²) in [6, 6.07) is 16.2. The second-order valence-corrected chi connectivity index (χ2v) is 10.8. The highest BCUT2D eigenvalue weighted by molar-refractivity contribution is 5.95. The molecule has 0 saturated carbocycles. The van der Waals surface area contributed by atoms with E-state index in [1.807, 2.05) is 30.3 Å². The molecule has 4 rings (SSSR count). The number of rotatable bonds is 12. The molecule has 0 spiro atoms. The summed E-state index contributed by atoms with van der Waals surface area (Å²) in [6.45, 7) is 3.24. The number of likely N-dealkylation sites (tertiary alicyclic amines) is 1. The Morgan fingerprint density at radius 3 is 2.54 bits per heavy atom. The highest BCUT2D eigenvalue weighted by Crippen LogP contribution is 2.22. The molecule has 0 bridgehead atoms. The summed E-state index contributed by atoms with van der Waals surface area (Å²) in [7, 11) is 0. The molecule has 2 aliphatic rings. The van der Waals surface area contributed by atoms with Crippen LogP contribution in [0.1, 0.15) is 60.9 Å². The molecule has 0 aromatic heterocycles. The van der Waals surface area contributed by atoms with Crippen LogP contribution in [0, 0.1) is 11.8 Å². The van der Waals surface area contributed by atoms with Crippen molar-refractivity contribution in [3.05, 3.63) is 65.7 Å². The Balaban J connectivity index is 1.30. The summed E-state index contributed by atoms with van der Waals surface area (Å²) in [5, 5.41) is 18.1. The zero-order valence-electron chi connectivity index (χ0n) is 23.3. The fourth-order valence-electron chi connectivity index (χ4n) is 5.39. The minimum atomic E-state index is -1.16. The Morgan fingerprint density at radius 2 is 1.78 bits per heavy atom. The maximum Gasteiger partial charge on any atom is 0.307 e. The van der Waals surface area contributed by atoms with E-state index in [2.05, 4.69) is 16.0 Å². The molecule has 2 aliphatic heterocycles. The van der Waals surface area contributed by atoms with E-state index in [0.29, 0.717) is 50.6 Å². The molecule has 2 saturated heterocycles. The molecule has 2 atom stereocenters. The van der Waals surface area contributed by atoms with Crippen molar-refractivity contribution in [1.29, 1.82) is 0 Å². The molecule has 2 heterocycles. The van der Waals surface area contributed by atoms with Gasteiger partial charge in [0, 0.05) is 25.1 Å². The van der Waals surface area contributed by atoms with Crippen molar-refractivity contribution in [3.8, 4) is 5.75 Å². The van der Waals surface area contributed by atoms with Crippen LogP contribution in [0.25, 0.3) is 0 Å². The number of piperidine rings is 2. The smallest absolute Gasteiger partial charge is 0.307 e. The fraction of sp³-hybridized carbons (Fsp3) is 0.484. The lowest BCUT2D eigenvalue weighted by Crippen LogP contribution is -2.53. The molecule has 10 heteroatoms. The van der Waals surface area contributed by atoms with Gasteiger partial charge in [0.2, 0.25) is 11.8 Å². The quantitative estimate of drug-likeness (QED) is 0.291. The van der Waals surface area contributed by atoms with Crippen LogP contribution in [0.5, 0.6) is 5.75 Å². The van der Waals surface area contributed by atoms with Gasteiger partial charge < -0.3 is 30.7 Å². The summed E-state index contributed by atoms with van der Waals surface area (Å²) >= 11 is 0. The Morgan fingerprint density at radius 1 is 1.00 bits per heavy atom. The topological polar surface area (TPSA) is 137 Å². The number of carboxylic acid groups (broad SMARTS) is 1. The second-order valence-electron chi connectivity index (χ2n) is 10.8. The standard InChI is InChI=1S/C31H40N4O6/c36-28(12-11-22-13-15-32-16-14-22)35-17-5-9-25(20-35)31(40)34-27(19-29(37)38)33-30(39)24-8-4-10-26(18-24)41-21-23-6-2-1-3-7-23/h1-4,6-8,10,18,22,25,27,32H,5,9,11-17,19-21H2,(H,33,39)(H,34,40)(H,37,38)/t25-,27-/m1/s1. The lowest BCUT2D eigenvalue weighted by atomic mass is 9.92. The van der Waals surface area contributed by atoms with Gasteiger partial charge in [0.15, 0.2) is 0 Å². The van der Waals surface area contributed by atoms with Crippen LogP contribution in [0.15, 0.2) is 54.6 Å². The number of aliphatic carboxylic acids is 1. The van der Waals surface area contributed by atoms with Crippen LogP contribution >= 0.6 is 0 Å². The van der Waals surface area contributed by atoms with Crippen molar-refractivity contribution in [1.82, 2.24) is 20.9 Å².